The van der Waals surface area contributed by atoms with E-state index in [0.717, 1.165) is 26.0 Å². The molecule has 1 atom stereocenters. The van der Waals surface area contributed by atoms with Crippen molar-refractivity contribution in [1.29, 1.82) is 0 Å². The van der Waals surface area contributed by atoms with Crippen molar-refractivity contribution in [3.63, 3.8) is 0 Å². The number of hydrogen-bond acceptors (Lipinski definition) is 2. The van der Waals surface area contributed by atoms with E-state index in [1.165, 1.54) is 11.1 Å². The van der Waals surface area contributed by atoms with Gasteiger partial charge in [-0.3, -0.25) is 0 Å². The van der Waals surface area contributed by atoms with Crippen molar-refractivity contribution in [3.8, 4) is 0 Å². The SMILES string of the molecule is COCCCCNC(C)c1ccc(C(C)(C)C)cc1. The number of unbranched alkanes of at least 4 members (excludes halogenated alkanes) is 1. The van der Waals surface area contributed by atoms with Gasteiger partial charge in [0.25, 0.3) is 0 Å². The molecule has 108 valence electrons. The van der Waals surface area contributed by atoms with Crippen molar-refractivity contribution >= 4 is 0 Å². The lowest BCUT2D eigenvalue weighted by Gasteiger charge is -2.20. The second kappa shape index (κ2) is 7.66. The molecule has 19 heavy (non-hydrogen) atoms. The topological polar surface area (TPSA) is 21.3 Å². The minimum absolute atomic E-state index is 0.231. The van der Waals surface area contributed by atoms with E-state index in [2.05, 4.69) is 57.3 Å². The van der Waals surface area contributed by atoms with E-state index in [9.17, 15) is 0 Å². The lowest BCUT2D eigenvalue weighted by molar-refractivity contribution is 0.192. The smallest absolute Gasteiger partial charge is 0.0462 e. The highest BCUT2D eigenvalue weighted by Gasteiger charge is 2.13. The van der Waals surface area contributed by atoms with Crippen molar-refractivity contribution in [2.45, 2.75) is 52.0 Å². The van der Waals surface area contributed by atoms with Crippen LogP contribution in [0.5, 0.6) is 0 Å². The van der Waals surface area contributed by atoms with Crippen LogP contribution in [-0.4, -0.2) is 20.3 Å². The molecule has 0 saturated carbocycles. The molecule has 1 unspecified atom stereocenters. The number of methoxy groups -OCH3 is 1. The zero-order chi connectivity index (χ0) is 14.3. The van der Waals surface area contributed by atoms with Crippen LogP contribution in [0.3, 0.4) is 0 Å². The first-order chi connectivity index (χ1) is 8.95. The Labute approximate surface area is 118 Å². The molecule has 1 aromatic carbocycles. The van der Waals surface area contributed by atoms with Gasteiger partial charge in [-0.2, -0.15) is 0 Å². The summed E-state index contributed by atoms with van der Waals surface area (Å²) < 4.78 is 5.05. The quantitative estimate of drug-likeness (QED) is 0.749. The van der Waals surface area contributed by atoms with Gasteiger partial charge < -0.3 is 10.1 Å². The maximum absolute atomic E-state index is 5.05. The Kier molecular flexibility index (Phi) is 6.53. The van der Waals surface area contributed by atoms with Crippen LogP contribution >= 0.6 is 0 Å². The van der Waals surface area contributed by atoms with E-state index >= 15 is 0 Å². The molecule has 2 nitrogen and oxygen atoms in total. The van der Waals surface area contributed by atoms with Gasteiger partial charge in [-0.25, -0.2) is 0 Å². The lowest BCUT2D eigenvalue weighted by atomic mass is 9.86. The van der Waals surface area contributed by atoms with Crippen molar-refractivity contribution in [1.82, 2.24) is 5.32 Å². The van der Waals surface area contributed by atoms with E-state index in [4.69, 9.17) is 4.74 Å². The summed E-state index contributed by atoms with van der Waals surface area (Å²) in [5.74, 6) is 0. The number of benzene rings is 1. The Morgan fingerprint density at radius 2 is 1.74 bits per heavy atom. The summed E-state index contributed by atoms with van der Waals surface area (Å²) in [6, 6.07) is 9.40. The van der Waals surface area contributed by atoms with Crippen LogP contribution in [0.15, 0.2) is 24.3 Å². The first-order valence-electron chi connectivity index (χ1n) is 7.28. The van der Waals surface area contributed by atoms with Gasteiger partial charge in [0.05, 0.1) is 0 Å². The van der Waals surface area contributed by atoms with Crippen LogP contribution in [0.4, 0.5) is 0 Å². The highest BCUT2D eigenvalue weighted by atomic mass is 16.5. The zero-order valence-electron chi connectivity index (χ0n) is 13.1. The number of rotatable bonds is 7. The molecule has 0 heterocycles. The summed E-state index contributed by atoms with van der Waals surface area (Å²) in [5, 5.41) is 3.56. The molecule has 0 radical (unpaired) electrons. The average molecular weight is 263 g/mol. The summed E-state index contributed by atoms with van der Waals surface area (Å²) in [6.07, 6.45) is 2.29. The fourth-order valence-electron chi connectivity index (χ4n) is 2.08. The first-order valence-corrected chi connectivity index (χ1v) is 7.28. The molecule has 0 fully saturated rings. The first kappa shape index (κ1) is 16.2. The highest BCUT2D eigenvalue weighted by molar-refractivity contribution is 5.28. The molecular formula is C17H29NO. The number of nitrogens with one attached hydrogen (secondary N) is 1. The third kappa shape index (κ3) is 5.75. The van der Waals surface area contributed by atoms with E-state index in [0.29, 0.717) is 6.04 Å². The van der Waals surface area contributed by atoms with Crippen LogP contribution in [0.1, 0.15) is 57.7 Å². The molecular weight excluding hydrogens is 234 g/mol. The summed E-state index contributed by atoms with van der Waals surface area (Å²) >= 11 is 0. The molecule has 1 N–H and O–H groups in total. The van der Waals surface area contributed by atoms with E-state index in [1.54, 1.807) is 7.11 Å². The van der Waals surface area contributed by atoms with Crippen LogP contribution < -0.4 is 5.32 Å². The molecule has 2 heteroatoms. The fraction of sp³-hybridized carbons (Fsp3) is 0.647. The molecule has 0 amide bonds. The summed E-state index contributed by atoms with van der Waals surface area (Å²) in [6.45, 7) is 10.9. The second-order valence-electron chi connectivity index (χ2n) is 6.25. The molecule has 0 saturated heterocycles. The second-order valence-corrected chi connectivity index (χ2v) is 6.25. The Hall–Kier alpha value is -0.860. The standard InChI is InChI=1S/C17H29NO/c1-14(18-12-6-7-13-19-5)15-8-10-16(11-9-15)17(2,3)4/h8-11,14,18H,6-7,12-13H2,1-5H3. The van der Waals surface area contributed by atoms with Gasteiger partial charge in [0.1, 0.15) is 0 Å². The lowest BCUT2D eigenvalue weighted by Crippen LogP contribution is -2.20. The fourth-order valence-corrected chi connectivity index (χ4v) is 2.08. The van der Waals surface area contributed by atoms with Crippen molar-refractivity contribution in [2.75, 3.05) is 20.3 Å². The van der Waals surface area contributed by atoms with Crippen molar-refractivity contribution in [3.05, 3.63) is 35.4 Å². The Balaban J connectivity index is 2.42. The van der Waals surface area contributed by atoms with Gasteiger partial charge in [0, 0.05) is 19.8 Å². The van der Waals surface area contributed by atoms with Crippen LogP contribution in [0, 0.1) is 0 Å². The van der Waals surface area contributed by atoms with Crippen molar-refractivity contribution in [2.24, 2.45) is 0 Å². The summed E-state index contributed by atoms with van der Waals surface area (Å²) in [7, 11) is 1.76. The third-order valence-corrected chi connectivity index (χ3v) is 3.50. The molecule has 0 aromatic heterocycles. The minimum Gasteiger partial charge on any atom is -0.385 e. The minimum atomic E-state index is 0.231. The van der Waals surface area contributed by atoms with Gasteiger partial charge in [-0.15, -0.1) is 0 Å². The maximum atomic E-state index is 5.05. The highest BCUT2D eigenvalue weighted by Crippen LogP contribution is 2.23. The predicted molar refractivity (Wildman–Crippen MR) is 82.7 cm³/mol. The normalized spacial score (nSPS) is 13.5. The Morgan fingerprint density at radius 3 is 2.26 bits per heavy atom. The van der Waals surface area contributed by atoms with Gasteiger partial charge in [-0.1, -0.05) is 45.0 Å². The van der Waals surface area contributed by atoms with Gasteiger partial charge in [0.15, 0.2) is 0 Å². The molecule has 0 aliphatic rings. The Bertz CT molecular complexity index is 351. The van der Waals surface area contributed by atoms with Gasteiger partial charge in [0.2, 0.25) is 0 Å². The van der Waals surface area contributed by atoms with Crippen LogP contribution in [0.2, 0.25) is 0 Å². The van der Waals surface area contributed by atoms with E-state index in [-0.39, 0.29) is 5.41 Å². The largest absolute Gasteiger partial charge is 0.385 e. The van der Waals surface area contributed by atoms with Crippen LogP contribution in [0.25, 0.3) is 0 Å². The predicted octanol–water partition coefficient (Wildman–Crippen LogP) is 4.06. The molecule has 0 bridgehead atoms. The molecule has 0 spiro atoms. The summed E-state index contributed by atoms with van der Waals surface area (Å²) in [4.78, 5) is 0. The summed E-state index contributed by atoms with van der Waals surface area (Å²) in [5.41, 5.74) is 2.98. The van der Waals surface area contributed by atoms with E-state index < -0.39 is 0 Å². The number of hydrogen-bond donors (Lipinski definition) is 1. The Morgan fingerprint density at radius 1 is 1.11 bits per heavy atom. The monoisotopic (exact) mass is 263 g/mol. The van der Waals surface area contributed by atoms with Gasteiger partial charge >= 0.3 is 0 Å². The third-order valence-electron chi connectivity index (χ3n) is 3.50. The zero-order valence-corrected chi connectivity index (χ0v) is 13.1. The molecule has 0 aliphatic heterocycles. The molecule has 1 aromatic rings. The number of ether oxygens (including phenoxy) is 1. The van der Waals surface area contributed by atoms with E-state index in [1.807, 2.05) is 0 Å². The maximum Gasteiger partial charge on any atom is 0.0462 e. The molecule has 0 aliphatic carbocycles. The van der Waals surface area contributed by atoms with Crippen LogP contribution in [-0.2, 0) is 10.2 Å². The van der Waals surface area contributed by atoms with Crippen molar-refractivity contribution < 1.29 is 4.74 Å². The van der Waals surface area contributed by atoms with Gasteiger partial charge in [-0.05, 0) is 42.9 Å². The average Bonchev–Trinajstić information content (AvgIpc) is 2.37. The molecule has 1 rings (SSSR count).